The normalized spacial score (nSPS) is 8.33. The van der Waals surface area contributed by atoms with E-state index in [9.17, 15) is 0 Å². The fourth-order valence-corrected chi connectivity index (χ4v) is 0.720. The van der Waals surface area contributed by atoms with Gasteiger partial charge in [-0.1, -0.05) is 13.8 Å². The highest BCUT2D eigenvalue weighted by Gasteiger charge is 1.94. The smallest absolute Gasteiger partial charge is 0.222 e. The lowest BCUT2D eigenvalue weighted by molar-refractivity contribution is 1.11. The van der Waals surface area contributed by atoms with Crippen molar-refractivity contribution >= 4 is 11.8 Å². The summed E-state index contributed by atoms with van der Waals surface area (Å²) in [6.07, 6.45) is 0. The molecule has 0 aliphatic heterocycles. The molecule has 0 amide bonds. The Labute approximate surface area is 73.2 Å². The van der Waals surface area contributed by atoms with Crippen molar-refractivity contribution in [1.82, 2.24) is 9.97 Å². The lowest BCUT2D eigenvalue weighted by atomic mass is 10.4. The molecule has 4 nitrogen and oxygen atoms in total. The second kappa shape index (κ2) is 5.35. The van der Waals surface area contributed by atoms with E-state index in [1.54, 1.807) is 7.05 Å². The third kappa shape index (κ3) is 3.18. The summed E-state index contributed by atoms with van der Waals surface area (Å²) < 4.78 is 0. The van der Waals surface area contributed by atoms with Gasteiger partial charge in [-0.3, -0.25) is 0 Å². The first-order chi connectivity index (χ1) is 5.72. The predicted octanol–water partition coefficient (Wildman–Crippen LogP) is 1.44. The molecule has 0 spiro atoms. The Hall–Kier alpha value is -1.32. The SMILES string of the molecule is CC.CNc1cc(C)nc(N)n1. The first kappa shape index (κ1) is 10.7. The highest BCUT2D eigenvalue weighted by Crippen LogP contribution is 2.04. The number of rotatable bonds is 1. The van der Waals surface area contributed by atoms with Gasteiger partial charge in [0.1, 0.15) is 5.82 Å². The molecule has 1 aromatic heterocycles. The Kier molecular flexibility index (Phi) is 4.76. The summed E-state index contributed by atoms with van der Waals surface area (Å²) in [6.45, 7) is 5.87. The fourth-order valence-electron chi connectivity index (χ4n) is 0.720. The van der Waals surface area contributed by atoms with E-state index in [4.69, 9.17) is 5.73 Å². The molecule has 0 saturated heterocycles. The van der Waals surface area contributed by atoms with E-state index in [1.165, 1.54) is 0 Å². The molecule has 0 atom stereocenters. The van der Waals surface area contributed by atoms with Gasteiger partial charge in [0.05, 0.1) is 0 Å². The van der Waals surface area contributed by atoms with Crippen LogP contribution in [0, 0.1) is 6.92 Å². The van der Waals surface area contributed by atoms with Gasteiger partial charge in [0.2, 0.25) is 5.95 Å². The van der Waals surface area contributed by atoms with E-state index >= 15 is 0 Å². The highest BCUT2D eigenvalue weighted by atomic mass is 15.1. The molecule has 0 fully saturated rings. The zero-order valence-electron chi connectivity index (χ0n) is 8.05. The molecule has 0 bridgehead atoms. The van der Waals surface area contributed by atoms with Gasteiger partial charge in [0.15, 0.2) is 0 Å². The van der Waals surface area contributed by atoms with E-state index in [0.29, 0.717) is 5.95 Å². The van der Waals surface area contributed by atoms with Gasteiger partial charge in [-0.25, -0.2) is 4.98 Å². The average molecular weight is 168 g/mol. The summed E-state index contributed by atoms with van der Waals surface area (Å²) in [5.74, 6) is 1.06. The molecule has 68 valence electrons. The fraction of sp³-hybridized carbons (Fsp3) is 0.500. The van der Waals surface area contributed by atoms with Gasteiger partial charge < -0.3 is 11.1 Å². The van der Waals surface area contributed by atoms with Gasteiger partial charge in [-0.2, -0.15) is 4.98 Å². The lowest BCUT2D eigenvalue weighted by Crippen LogP contribution is -2.00. The summed E-state index contributed by atoms with van der Waals surface area (Å²) in [6, 6.07) is 1.83. The Balaban J connectivity index is 0.000000561. The van der Waals surface area contributed by atoms with E-state index in [0.717, 1.165) is 11.5 Å². The van der Waals surface area contributed by atoms with Gasteiger partial charge in [-0.05, 0) is 6.92 Å². The van der Waals surface area contributed by atoms with Crippen molar-refractivity contribution in [1.29, 1.82) is 0 Å². The number of aryl methyl sites for hydroxylation is 1. The maximum Gasteiger partial charge on any atom is 0.222 e. The zero-order valence-corrected chi connectivity index (χ0v) is 8.05. The van der Waals surface area contributed by atoms with Crippen LogP contribution < -0.4 is 11.1 Å². The van der Waals surface area contributed by atoms with Gasteiger partial charge in [0, 0.05) is 18.8 Å². The van der Waals surface area contributed by atoms with Crippen LogP contribution in [0.5, 0.6) is 0 Å². The first-order valence-corrected chi connectivity index (χ1v) is 4.01. The molecule has 4 heteroatoms. The Morgan fingerprint density at radius 3 is 2.33 bits per heavy atom. The summed E-state index contributed by atoms with van der Waals surface area (Å²) in [5.41, 5.74) is 6.24. The molecule has 1 rings (SSSR count). The summed E-state index contributed by atoms with van der Waals surface area (Å²) in [4.78, 5) is 7.82. The molecule has 0 radical (unpaired) electrons. The number of nitrogens with two attached hydrogens (primary N) is 1. The van der Waals surface area contributed by atoms with Crippen LogP contribution >= 0.6 is 0 Å². The van der Waals surface area contributed by atoms with Crippen molar-refractivity contribution in [3.8, 4) is 0 Å². The van der Waals surface area contributed by atoms with E-state index in [-0.39, 0.29) is 0 Å². The molecular formula is C8H16N4. The Morgan fingerprint density at radius 2 is 1.92 bits per heavy atom. The van der Waals surface area contributed by atoms with Gasteiger partial charge in [0.25, 0.3) is 0 Å². The average Bonchev–Trinajstić information content (AvgIpc) is 2.06. The molecule has 0 aromatic carbocycles. The quantitative estimate of drug-likeness (QED) is 0.666. The molecule has 1 heterocycles. The number of nitrogens with one attached hydrogen (secondary N) is 1. The topological polar surface area (TPSA) is 63.8 Å². The standard InChI is InChI=1S/C6H10N4.C2H6/c1-4-3-5(8-2)10-6(7)9-4;1-2/h3H,1-2H3,(H3,7,8,9,10);1-2H3. The molecule has 3 N–H and O–H groups in total. The second-order valence-electron chi connectivity index (χ2n) is 2.00. The Bertz CT molecular complexity index is 214. The molecule has 0 saturated carbocycles. The molecular weight excluding hydrogens is 152 g/mol. The van der Waals surface area contributed by atoms with Crippen molar-refractivity contribution in [2.24, 2.45) is 0 Å². The largest absolute Gasteiger partial charge is 0.373 e. The molecule has 1 aromatic rings. The van der Waals surface area contributed by atoms with Crippen molar-refractivity contribution in [2.75, 3.05) is 18.1 Å². The second-order valence-corrected chi connectivity index (χ2v) is 2.00. The van der Waals surface area contributed by atoms with Crippen molar-refractivity contribution < 1.29 is 0 Å². The van der Waals surface area contributed by atoms with Gasteiger partial charge in [-0.15, -0.1) is 0 Å². The minimum atomic E-state index is 0.310. The minimum absolute atomic E-state index is 0.310. The van der Waals surface area contributed by atoms with Crippen LogP contribution in [0.2, 0.25) is 0 Å². The van der Waals surface area contributed by atoms with Crippen LogP contribution in [-0.4, -0.2) is 17.0 Å². The molecule has 12 heavy (non-hydrogen) atoms. The number of aromatic nitrogens is 2. The van der Waals surface area contributed by atoms with Crippen LogP contribution in [0.4, 0.5) is 11.8 Å². The van der Waals surface area contributed by atoms with Crippen LogP contribution in [0.1, 0.15) is 19.5 Å². The highest BCUT2D eigenvalue weighted by molar-refractivity contribution is 5.39. The number of anilines is 2. The first-order valence-electron chi connectivity index (χ1n) is 4.01. The van der Waals surface area contributed by atoms with Crippen molar-refractivity contribution in [3.63, 3.8) is 0 Å². The molecule has 0 aliphatic carbocycles. The third-order valence-electron chi connectivity index (χ3n) is 1.13. The van der Waals surface area contributed by atoms with Crippen LogP contribution in [0.15, 0.2) is 6.07 Å². The number of nitrogen functional groups attached to an aromatic ring is 1. The predicted molar refractivity (Wildman–Crippen MR) is 52.1 cm³/mol. The lowest BCUT2D eigenvalue weighted by Gasteiger charge is -1.99. The molecule has 0 aliphatic rings. The van der Waals surface area contributed by atoms with Crippen molar-refractivity contribution in [3.05, 3.63) is 11.8 Å². The Morgan fingerprint density at radius 1 is 1.33 bits per heavy atom. The van der Waals surface area contributed by atoms with E-state index in [1.807, 2.05) is 26.8 Å². The summed E-state index contributed by atoms with van der Waals surface area (Å²) >= 11 is 0. The maximum absolute atomic E-state index is 5.37. The summed E-state index contributed by atoms with van der Waals surface area (Å²) in [7, 11) is 1.79. The van der Waals surface area contributed by atoms with E-state index < -0.39 is 0 Å². The maximum atomic E-state index is 5.37. The number of hydrogen-bond donors (Lipinski definition) is 2. The van der Waals surface area contributed by atoms with Crippen LogP contribution in [0.25, 0.3) is 0 Å². The molecule has 0 unspecified atom stereocenters. The zero-order chi connectivity index (χ0) is 9.56. The van der Waals surface area contributed by atoms with Crippen LogP contribution in [-0.2, 0) is 0 Å². The third-order valence-corrected chi connectivity index (χ3v) is 1.13. The monoisotopic (exact) mass is 168 g/mol. The minimum Gasteiger partial charge on any atom is -0.373 e. The number of hydrogen-bond acceptors (Lipinski definition) is 4. The van der Waals surface area contributed by atoms with Crippen molar-refractivity contribution in [2.45, 2.75) is 20.8 Å². The van der Waals surface area contributed by atoms with Crippen LogP contribution in [0.3, 0.4) is 0 Å². The summed E-state index contributed by atoms with van der Waals surface area (Å²) in [5, 5.41) is 2.88. The van der Waals surface area contributed by atoms with E-state index in [2.05, 4.69) is 15.3 Å². The number of nitrogens with zero attached hydrogens (tertiary/aromatic N) is 2. The van der Waals surface area contributed by atoms with Gasteiger partial charge >= 0.3 is 0 Å².